The van der Waals surface area contributed by atoms with E-state index in [2.05, 4.69) is 50.3 Å². The van der Waals surface area contributed by atoms with E-state index < -0.39 is 0 Å². The highest BCUT2D eigenvalue weighted by Gasteiger charge is 2.19. The van der Waals surface area contributed by atoms with Crippen LogP contribution in [0.2, 0.25) is 0 Å². The highest BCUT2D eigenvalue weighted by atomic mass is 16.5. The van der Waals surface area contributed by atoms with Gasteiger partial charge >= 0.3 is 0 Å². The number of hydrogen-bond acceptors (Lipinski definition) is 3. The normalized spacial score (nSPS) is 12.8. The molecule has 0 heterocycles. The molecule has 1 aromatic rings. The van der Waals surface area contributed by atoms with Gasteiger partial charge in [-0.3, -0.25) is 0 Å². The maximum Gasteiger partial charge on any atom is 0.123 e. The fourth-order valence-corrected chi connectivity index (χ4v) is 2.41. The van der Waals surface area contributed by atoms with Crippen LogP contribution in [0.1, 0.15) is 35.6 Å². The van der Waals surface area contributed by atoms with Crippen LogP contribution >= 0.6 is 0 Å². The minimum atomic E-state index is 0.405. The number of aryl methyl sites for hydroxylation is 2. The molecule has 0 aromatic heterocycles. The average Bonchev–Trinajstić information content (AvgIpc) is 2.37. The lowest BCUT2D eigenvalue weighted by atomic mass is 9.96. The molecule has 0 aliphatic heterocycles. The van der Waals surface area contributed by atoms with E-state index in [1.54, 1.807) is 7.11 Å². The third-order valence-corrected chi connectivity index (χ3v) is 3.73. The van der Waals surface area contributed by atoms with Crippen molar-refractivity contribution in [3.05, 3.63) is 28.8 Å². The van der Waals surface area contributed by atoms with Crippen LogP contribution in [-0.2, 0) is 0 Å². The van der Waals surface area contributed by atoms with E-state index in [1.165, 1.54) is 16.7 Å². The van der Waals surface area contributed by atoms with Gasteiger partial charge in [-0.05, 0) is 71.6 Å². The molecule has 0 spiro atoms. The summed E-state index contributed by atoms with van der Waals surface area (Å²) in [6, 6.07) is 4.83. The number of nitrogens with zero attached hydrogens (tertiary/aromatic N) is 1. The molecule has 0 aliphatic rings. The lowest BCUT2D eigenvalue weighted by molar-refractivity contribution is 0.270. The molecule has 1 rings (SSSR count). The fraction of sp³-hybridized carbons (Fsp3) is 0.625. The third kappa shape index (κ3) is 4.22. The summed E-state index contributed by atoms with van der Waals surface area (Å²) in [5.41, 5.74) is 3.91. The Morgan fingerprint density at radius 2 is 1.84 bits per heavy atom. The second-order valence-corrected chi connectivity index (χ2v) is 5.40. The summed E-state index contributed by atoms with van der Waals surface area (Å²) in [4.78, 5) is 2.28. The molecule has 1 N–H and O–H groups in total. The maximum absolute atomic E-state index is 5.58. The monoisotopic (exact) mass is 264 g/mol. The van der Waals surface area contributed by atoms with E-state index in [0.29, 0.717) is 6.04 Å². The minimum absolute atomic E-state index is 0.405. The quantitative estimate of drug-likeness (QED) is 0.766. The first kappa shape index (κ1) is 16.0. The van der Waals surface area contributed by atoms with Crippen molar-refractivity contribution in [1.29, 1.82) is 0 Å². The summed E-state index contributed by atoms with van der Waals surface area (Å²) in [6.45, 7) is 5.35. The first-order valence-corrected chi connectivity index (χ1v) is 6.97. The first-order chi connectivity index (χ1) is 9.01. The van der Waals surface area contributed by atoms with E-state index >= 15 is 0 Å². The molecule has 0 aliphatic carbocycles. The first-order valence-electron chi connectivity index (χ1n) is 6.97. The summed E-state index contributed by atoms with van der Waals surface area (Å²) >= 11 is 0. The summed E-state index contributed by atoms with van der Waals surface area (Å²) in [7, 11) is 8.03. The smallest absolute Gasteiger partial charge is 0.123 e. The van der Waals surface area contributed by atoms with Gasteiger partial charge in [0.2, 0.25) is 0 Å². The predicted octanol–water partition coefficient (Wildman–Crippen LogP) is 2.91. The molecule has 0 radical (unpaired) electrons. The zero-order chi connectivity index (χ0) is 14.4. The van der Waals surface area contributed by atoms with Crippen molar-refractivity contribution in [3.8, 4) is 5.75 Å². The Hall–Kier alpha value is -1.06. The van der Waals surface area contributed by atoms with Gasteiger partial charge in [0, 0.05) is 11.6 Å². The highest BCUT2D eigenvalue weighted by molar-refractivity contribution is 5.43. The fourth-order valence-electron chi connectivity index (χ4n) is 2.41. The molecule has 1 atom stereocenters. The van der Waals surface area contributed by atoms with Crippen molar-refractivity contribution in [2.75, 3.05) is 34.8 Å². The number of nitrogens with one attached hydrogen (secondary N) is 1. The van der Waals surface area contributed by atoms with Gasteiger partial charge in [0.25, 0.3) is 0 Å². The second-order valence-electron chi connectivity index (χ2n) is 5.40. The van der Waals surface area contributed by atoms with E-state index in [1.807, 2.05) is 7.05 Å². The summed E-state index contributed by atoms with van der Waals surface area (Å²) in [6.07, 6.45) is 2.29. The molecule has 3 nitrogen and oxygen atoms in total. The molecule has 1 unspecified atom stereocenters. The van der Waals surface area contributed by atoms with Crippen LogP contribution in [0.4, 0.5) is 0 Å². The van der Waals surface area contributed by atoms with Crippen LogP contribution in [-0.4, -0.2) is 39.7 Å². The molecular weight excluding hydrogens is 236 g/mol. The van der Waals surface area contributed by atoms with Crippen molar-refractivity contribution < 1.29 is 4.74 Å². The number of rotatable bonds is 7. The van der Waals surface area contributed by atoms with E-state index in [9.17, 15) is 0 Å². The lowest BCUT2D eigenvalue weighted by Gasteiger charge is -2.27. The molecule has 0 saturated carbocycles. The van der Waals surface area contributed by atoms with Gasteiger partial charge in [-0.2, -0.15) is 0 Å². The highest BCUT2D eigenvalue weighted by Crippen LogP contribution is 2.33. The van der Waals surface area contributed by atoms with E-state index in [0.717, 1.165) is 25.1 Å². The Balaban J connectivity index is 3.03. The third-order valence-electron chi connectivity index (χ3n) is 3.73. The van der Waals surface area contributed by atoms with E-state index in [-0.39, 0.29) is 0 Å². The van der Waals surface area contributed by atoms with Gasteiger partial charge in [-0.25, -0.2) is 0 Å². The second kappa shape index (κ2) is 7.51. The minimum Gasteiger partial charge on any atom is -0.496 e. The van der Waals surface area contributed by atoms with Crippen molar-refractivity contribution in [1.82, 2.24) is 10.2 Å². The van der Waals surface area contributed by atoms with Gasteiger partial charge < -0.3 is 15.0 Å². The lowest BCUT2D eigenvalue weighted by Crippen LogP contribution is -2.22. The van der Waals surface area contributed by atoms with Crippen LogP contribution < -0.4 is 10.1 Å². The zero-order valence-corrected chi connectivity index (χ0v) is 13.2. The van der Waals surface area contributed by atoms with Crippen molar-refractivity contribution >= 4 is 0 Å². The standard InChI is InChI=1S/C16H28N2O/c1-12-10-14(16(19-6)11-13(12)2)15(18(4)5)8-7-9-17-3/h10-11,15,17H,7-9H2,1-6H3. The van der Waals surface area contributed by atoms with Gasteiger partial charge in [-0.1, -0.05) is 6.07 Å². The van der Waals surface area contributed by atoms with Crippen LogP contribution in [0, 0.1) is 13.8 Å². The van der Waals surface area contributed by atoms with Crippen molar-refractivity contribution in [3.63, 3.8) is 0 Å². The maximum atomic E-state index is 5.58. The summed E-state index contributed by atoms with van der Waals surface area (Å²) in [5.74, 6) is 1.01. The van der Waals surface area contributed by atoms with Crippen LogP contribution in [0.15, 0.2) is 12.1 Å². The Labute approximate surface area is 118 Å². The Bertz CT molecular complexity index is 402. The Morgan fingerprint density at radius 1 is 1.21 bits per heavy atom. The van der Waals surface area contributed by atoms with Crippen LogP contribution in [0.3, 0.4) is 0 Å². The number of benzene rings is 1. The molecule has 1 aromatic carbocycles. The van der Waals surface area contributed by atoms with Crippen molar-refractivity contribution in [2.24, 2.45) is 0 Å². The summed E-state index contributed by atoms with van der Waals surface area (Å²) in [5, 5.41) is 3.21. The molecule has 0 bridgehead atoms. The van der Waals surface area contributed by atoms with Gasteiger partial charge in [0.1, 0.15) is 5.75 Å². The van der Waals surface area contributed by atoms with Crippen LogP contribution in [0.5, 0.6) is 5.75 Å². The topological polar surface area (TPSA) is 24.5 Å². The van der Waals surface area contributed by atoms with Gasteiger partial charge in [0.05, 0.1) is 7.11 Å². The molecule has 3 heteroatoms. The van der Waals surface area contributed by atoms with Crippen LogP contribution in [0.25, 0.3) is 0 Å². The van der Waals surface area contributed by atoms with Gasteiger partial charge in [0.15, 0.2) is 0 Å². The predicted molar refractivity (Wildman–Crippen MR) is 82.1 cm³/mol. The van der Waals surface area contributed by atoms with Crippen molar-refractivity contribution in [2.45, 2.75) is 32.7 Å². The molecular formula is C16H28N2O. The van der Waals surface area contributed by atoms with E-state index in [4.69, 9.17) is 4.74 Å². The SMILES string of the molecule is CNCCCC(c1cc(C)c(C)cc1OC)N(C)C. The molecule has 0 fully saturated rings. The summed E-state index contributed by atoms with van der Waals surface area (Å²) < 4.78 is 5.58. The zero-order valence-electron chi connectivity index (χ0n) is 13.2. The number of hydrogen-bond donors (Lipinski definition) is 1. The molecule has 108 valence electrons. The molecule has 19 heavy (non-hydrogen) atoms. The molecule has 0 saturated heterocycles. The molecule has 0 amide bonds. The largest absolute Gasteiger partial charge is 0.496 e. The average molecular weight is 264 g/mol. The van der Waals surface area contributed by atoms with Gasteiger partial charge in [-0.15, -0.1) is 0 Å². The Morgan fingerprint density at radius 3 is 2.37 bits per heavy atom. The number of ether oxygens (including phenoxy) is 1. The Kier molecular flexibility index (Phi) is 6.32. The number of methoxy groups -OCH3 is 1.